The number of fused-ring (bicyclic) bond motifs is 1. The van der Waals surface area contributed by atoms with Crippen molar-refractivity contribution in [1.29, 1.82) is 5.26 Å². The van der Waals surface area contributed by atoms with E-state index in [0.29, 0.717) is 0 Å². The monoisotopic (exact) mass is 187 g/mol. The highest BCUT2D eigenvalue weighted by Gasteiger charge is 2.03. The first-order chi connectivity index (χ1) is 6.20. The van der Waals surface area contributed by atoms with Gasteiger partial charge in [-0.25, -0.2) is 0 Å². The molecular formula is C11H9NS. The van der Waals surface area contributed by atoms with E-state index in [1.807, 2.05) is 6.07 Å². The van der Waals surface area contributed by atoms with Gasteiger partial charge in [-0.3, -0.25) is 0 Å². The summed E-state index contributed by atoms with van der Waals surface area (Å²) in [5, 5.41) is 9.97. The summed E-state index contributed by atoms with van der Waals surface area (Å²) in [4.78, 5) is 0.795. The molecule has 0 atom stereocenters. The van der Waals surface area contributed by atoms with Crippen molar-refractivity contribution < 1.29 is 0 Å². The highest BCUT2D eigenvalue weighted by molar-refractivity contribution is 7.19. The molecule has 2 heteroatoms. The maximum Gasteiger partial charge on any atom is 0.110 e. The summed E-state index contributed by atoms with van der Waals surface area (Å²) in [5.41, 5.74) is 2.52. The van der Waals surface area contributed by atoms with Gasteiger partial charge in [0.25, 0.3) is 0 Å². The molecule has 1 aromatic carbocycles. The third-order valence-electron chi connectivity index (χ3n) is 2.10. The number of hydrogen-bond acceptors (Lipinski definition) is 2. The van der Waals surface area contributed by atoms with E-state index in [9.17, 15) is 0 Å². The fourth-order valence-electron chi connectivity index (χ4n) is 1.54. The van der Waals surface area contributed by atoms with Crippen LogP contribution in [0.4, 0.5) is 0 Å². The topological polar surface area (TPSA) is 23.8 Å². The smallest absolute Gasteiger partial charge is 0.110 e. The summed E-state index contributed by atoms with van der Waals surface area (Å²) < 4.78 is 1.22. The zero-order valence-corrected chi connectivity index (χ0v) is 8.40. The fourth-order valence-corrected chi connectivity index (χ4v) is 2.58. The van der Waals surface area contributed by atoms with Gasteiger partial charge in [0.05, 0.1) is 0 Å². The van der Waals surface area contributed by atoms with E-state index in [2.05, 4.69) is 32.0 Å². The average molecular weight is 187 g/mol. The highest BCUT2D eigenvalue weighted by Crippen LogP contribution is 2.28. The van der Waals surface area contributed by atoms with E-state index < -0.39 is 0 Å². The van der Waals surface area contributed by atoms with Crippen LogP contribution in [0.5, 0.6) is 0 Å². The molecule has 0 aliphatic heterocycles. The number of nitrogens with zero attached hydrogens (tertiary/aromatic N) is 1. The molecule has 0 saturated heterocycles. The van der Waals surface area contributed by atoms with Crippen molar-refractivity contribution in [2.24, 2.45) is 0 Å². The number of rotatable bonds is 0. The zero-order chi connectivity index (χ0) is 9.42. The van der Waals surface area contributed by atoms with Crippen LogP contribution in [-0.2, 0) is 0 Å². The maximum absolute atomic E-state index is 8.76. The van der Waals surface area contributed by atoms with E-state index >= 15 is 0 Å². The third kappa shape index (κ3) is 1.32. The summed E-state index contributed by atoms with van der Waals surface area (Å²) >= 11 is 1.56. The first-order valence-corrected chi connectivity index (χ1v) is 4.93. The first kappa shape index (κ1) is 8.28. The van der Waals surface area contributed by atoms with Gasteiger partial charge >= 0.3 is 0 Å². The van der Waals surface area contributed by atoms with Crippen LogP contribution < -0.4 is 0 Å². The Bertz CT molecular complexity index is 503. The molecule has 64 valence electrons. The standard InChI is InChI=1S/C11H9NS/c1-7-3-8(2)10-5-9(6-12)13-11(10)4-7/h3-5H,1-2H3. The van der Waals surface area contributed by atoms with Crippen molar-refractivity contribution in [1.82, 2.24) is 0 Å². The van der Waals surface area contributed by atoms with Crippen molar-refractivity contribution in [2.75, 3.05) is 0 Å². The Morgan fingerprint density at radius 1 is 1.23 bits per heavy atom. The van der Waals surface area contributed by atoms with Crippen LogP contribution in [-0.4, -0.2) is 0 Å². The first-order valence-electron chi connectivity index (χ1n) is 4.11. The zero-order valence-electron chi connectivity index (χ0n) is 7.59. The van der Waals surface area contributed by atoms with Gasteiger partial charge in [0.1, 0.15) is 10.9 Å². The van der Waals surface area contributed by atoms with E-state index in [4.69, 9.17) is 5.26 Å². The molecule has 0 fully saturated rings. The Morgan fingerprint density at radius 2 is 2.00 bits per heavy atom. The van der Waals surface area contributed by atoms with Crippen LogP contribution >= 0.6 is 11.3 Å². The van der Waals surface area contributed by atoms with E-state index in [1.165, 1.54) is 21.2 Å². The van der Waals surface area contributed by atoms with Gasteiger partial charge in [0.15, 0.2) is 0 Å². The Hall–Kier alpha value is -1.33. The molecule has 1 heterocycles. The van der Waals surface area contributed by atoms with Crippen LogP contribution in [0.25, 0.3) is 10.1 Å². The van der Waals surface area contributed by atoms with Crippen LogP contribution in [0.1, 0.15) is 16.0 Å². The molecule has 0 radical (unpaired) electrons. The summed E-state index contributed by atoms with van der Waals surface area (Å²) in [5.74, 6) is 0. The molecule has 1 nitrogen and oxygen atoms in total. The lowest BCUT2D eigenvalue weighted by molar-refractivity contribution is 1.44. The largest absolute Gasteiger partial charge is 0.192 e. The molecular weight excluding hydrogens is 178 g/mol. The maximum atomic E-state index is 8.76. The summed E-state index contributed by atoms with van der Waals surface area (Å²) in [6.45, 7) is 4.17. The second kappa shape index (κ2) is 2.86. The number of aryl methyl sites for hydroxylation is 2. The van der Waals surface area contributed by atoms with Gasteiger partial charge in [-0.2, -0.15) is 5.26 Å². The Balaban J connectivity index is 2.84. The van der Waals surface area contributed by atoms with Crippen molar-refractivity contribution in [2.45, 2.75) is 13.8 Å². The van der Waals surface area contributed by atoms with Crippen LogP contribution in [0.2, 0.25) is 0 Å². The molecule has 0 bridgehead atoms. The van der Waals surface area contributed by atoms with Crippen molar-refractivity contribution in [3.05, 3.63) is 34.2 Å². The summed E-state index contributed by atoms with van der Waals surface area (Å²) in [6.07, 6.45) is 0. The molecule has 0 aliphatic carbocycles. The lowest BCUT2D eigenvalue weighted by atomic mass is 10.1. The average Bonchev–Trinajstić information content (AvgIpc) is 2.47. The molecule has 0 unspecified atom stereocenters. The normalized spacial score (nSPS) is 10.2. The Kier molecular flexibility index (Phi) is 1.82. The van der Waals surface area contributed by atoms with Gasteiger partial charge in [-0.1, -0.05) is 6.07 Å². The molecule has 2 aromatic rings. The predicted octanol–water partition coefficient (Wildman–Crippen LogP) is 3.39. The minimum Gasteiger partial charge on any atom is -0.192 e. The van der Waals surface area contributed by atoms with Gasteiger partial charge in [-0.15, -0.1) is 11.3 Å². The number of nitriles is 1. The van der Waals surface area contributed by atoms with Gasteiger partial charge in [0.2, 0.25) is 0 Å². The van der Waals surface area contributed by atoms with Crippen LogP contribution in [0.3, 0.4) is 0 Å². The van der Waals surface area contributed by atoms with Gasteiger partial charge in [-0.05, 0) is 42.5 Å². The third-order valence-corrected chi connectivity index (χ3v) is 3.09. The minimum absolute atomic E-state index is 0.795. The minimum atomic E-state index is 0.795. The predicted molar refractivity (Wildman–Crippen MR) is 56.0 cm³/mol. The molecule has 13 heavy (non-hydrogen) atoms. The second-order valence-corrected chi connectivity index (χ2v) is 4.30. The molecule has 0 N–H and O–H groups in total. The Labute approximate surface area is 81.2 Å². The van der Waals surface area contributed by atoms with Crippen molar-refractivity contribution in [3.63, 3.8) is 0 Å². The lowest BCUT2D eigenvalue weighted by Crippen LogP contribution is -1.75. The van der Waals surface area contributed by atoms with Gasteiger partial charge in [0, 0.05) is 4.70 Å². The summed E-state index contributed by atoms with van der Waals surface area (Å²) in [7, 11) is 0. The molecule has 0 amide bonds. The highest BCUT2D eigenvalue weighted by atomic mass is 32.1. The van der Waals surface area contributed by atoms with Crippen LogP contribution in [0.15, 0.2) is 18.2 Å². The van der Waals surface area contributed by atoms with E-state index in [0.717, 1.165) is 4.88 Å². The SMILES string of the molecule is Cc1cc(C)c2cc(C#N)sc2c1. The molecule has 0 saturated carbocycles. The molecule has 0 spiro atoms. The van der Waals surface area contributed by atoms with Crippen molar-refractivity contribution >= 4 is 21.4 Å². The quantitative estimate of drug-likeness (QED) is 0.620. The fraction of sp³-hybridized carbons (Fsp3) is 0.182. The van der Waals surface area contributed by atoms with Gasteiger partial charge < -0.3 is 0 Å². The molecule has 1 aromatic heterocycles. The molecule has 2 rings (SSSR count). The number of hydrogen-bond donors (Lipinski definition) is 0. The summed E-state index contributed by atoms with van der Waals surface area (Å²) in [6, 6.07) is 8.43. The second-order valence-electron chi connectivity index (χ2n) is 3.22. The number of thiophene rings is 1. The molecule has 0 aliphatic rings. The van der Waals surface area contributed by atoms with Crippen molar-refractivity contribution in [3.8, 4) is 6.07 Å². The Morgan fingerprint density at radius 3 is 2.69 bits per heavy atom. The van der Waals surface area contributed by atoms with Crippen LogP contribution in [0, 0.1) is 25.2 Å². The van der Waals surface area contributed by atoms with E-state index in [1.54, 1.807) is 11.3 Å². The lowest BCUT2D eigenvalue weighted by Gasteiger charge is -1.97. The number of benzene rings is 1. The van der Waals surface area contributed by atoms with E-state index in [-0.39, 0.29) is 0 Å².